The first-order valence-electron chi connectivity index (χ1n) is 8.99. The van der Waals surface area contributed by atoms with Crippen molar-refractivity contribution in [3.8, 4) is 22.9 Å². The maximum atomic E-state index is 5.88. The minimum Gasteiger partial charge on any atom is -0.485 e. The largest absolute Gasteiger partial charge is 0.485 e. The van der Waals surface area contributed by atoms with Crippen LogP contribution in [-0.4, -0.2) is 26.9 Å². The Morgan fingerprint density at radius 1 is 1.03 bits per heavy atom. The monoisotopic (exact) mass is 408 g/mol. The second-order valence-corrected chi connectivity index (χ2v) is 7.36. The number of rotatable bonds is 5. The third-order valence-corrected chi connectivity index (χ3v) is 5.11. The average Bonchev–Trinajstić information content (AvgIpc) is 3.42. The number of benzene rings is 2. The molecule has 146 valence electrons. The smallest absolute Gasteiger partial charge is 0.277 e. The van der Waals surface area contributed by atoms with Crippen molar-refractivity contribution >= 4 is 11.8 Å². The average molecular weight is 408 g/mol. The molecule has 0 aliphatic carbocycles. The first-order chi connectivity index (χ1) is 14.2. The molecule has 9 heteroatoms. The van der Waals surface area contributed by atoms with Gasteiger partial charge in [-0.25, -0.2) is 0 Å². The maximum absolute atomic E-state index is 5.88. The number of hydrogen-bond acceptors (Lipinski definition) is 9. The number of thioether (sulfide) groups is 1. The van der Waals surface area contributed by atoms with Crippen LogP contribution in [0.15, 0.2) is 62.7 Å². The highest BCUT2D eigenvalue weighted by Gasteiger charge is 2.27. The zero-order valence-corrected chi connectivity index (χ0v) is 16.3. The Balaban J connectivity index is 1.22. The molecule has 0 saturated heterocycles. The number of nitrogens with zero attached hydrogens (tertiary/aromatic N) is 4. The van der Waals surface area contributed by atoms with Crippen LogP contribution in [0.25, 0.3) is 11.4 Å². The van der Waals surface area contributed by atoms with Gasteiger partial charge in [-0.2, -0.15) is 4.98 Å². The molecule has 0 fully saturated rings. The summed E-state index contributed by atoms with van der Waals surface area (Å²) >= 11 is 1.32. The molecule has 4 aromatic rings. The van der Waals surface area contributed by atoms with Crippen LogP contribution in [0, 0.1) is 6.92 Å². The number of para-hydroxylation sites is 2. The summed E-state index contributed by atoms with van der Waals surface area (Å²) in [4.78, 5) is 4.41. The highest BCUT2D eigenvalue weighted by molar-refractivity contribution is 7.98. The molecule has 5 rings (SSSR count). The molecule has 0 spiro atoms. The Labute approximate surface area is 170 Å². The predicted octanol–water partition coefficient (Wildman–Crippen LogP) is 4.23. The number of fused-ring (bicyclic) bond motifs is 1. The molecule has 0 saturated carbocycles. The highest BCUT2D eigenvalue weighted by atomic mass is 32.2. The molecule has 0 N–H and O–H groups in total. The summed E-state index contributed by atoms with van der Waals surface area (Å²) in [5.74, 6) is 3.19. The SMILES string of the molecule is Cc1ccc(-c2noc(CSc3nnc(C4COc5ccccc5O4)o3)n2)cc1. The lowest BCUT2D eigenvalue weighted by Gasteiger charge is -2.23. The fourth-order valence-corrected chi connectivity index (χ4v) is 3.41. The fraction of sp³-hybridized carbons (Fsp3) is 0.200. The summed E-state index contributed by atoms with van der Waals surface area (Å²) in [6.45, 7) is 2.34. The first kappa shape index (κ1) is 17.7. The van der Waals surface area contributed by atoms with Crippen molar-refractivity contribution in [1.82, 2.24) is 20.3 Å². The third-order valence-electron chi connectivity index (χ3n) is 4.30. The number of aryl methyl sites for hydroxylation is 1. The molecule has 0 radical (unpaired) electrons. The zero-order valence-electron chi connectivity index (χ0n) is 15.4. The Hall–Kier alpha value is -3.33. The molecule has 2 aromatic heterocycles. The van der Waals surface area contributed by atoms with Crippen LogP contribution in [0.4, 0.5) is 0 Å². The molecular weight excluding hydrogens is 392 g/mol. The maximum Gasteiger partial charge on any atom is 0.277 e. The lowest BCUT2D eigenvalue weighted by atomic mass is 10.1. The lowest BCUT2D eigenvalue weighted by molar-refractivity contribution is 0.0686. The first-order valence-corrected chi connectivity index (χ1v) is 9.97. The van der Waals surface area contributed by atoms with E-state index >= 15 is 0 Å². The van der Waals surface area contributed by atoms with Crippen molar-refractivity contribution in [3.05, 3.63) is 65.9 Å². The van der Waals surface area contributed by atoms with Gasteiger partial charge in [-0.3, -0.25) is 0 Å². The van der Waals surface area contributed by atoms with E-state index in [0.29, 0.717) is 46.7 Å². The van der Waals surface area contributed by atoms with Crippen LogP contribution in [-0.2, 0) is 5.75 Å². The van der Waals surface area contributed by atoms with Gasteiger partial charge in [0.1, 0.15) is 6.61 Å². The van der Waals surface area contributed by atoms with Gasteiger partial charge in [-0.1, -0.05) is 58.9 Å². The van der Waals surface area contributed by atoms with Crippen molar-refractivity contribution in [2.24, 2.45) is 0 Å². The molecular formula is C20H16N4O4S. The third kappa shape index (κ3) is 3.81. The van der Waals surface area contributed by atoms with E-state index in [9.17, 15) is 0 Å². The van der Waals surface area contributed by atoms with E-state index in [-0.39, 0.29) is 0 Å². The molecule has 0 amide bonds. The van der Waals surface area contributed by atoms with Crippen molar-refractivity contribution < 1.29 is 18.4 Å². The predicted molar refractivity (Wildman–Crippen MR) is 104 cm³/mol. The van der Waals surface area contributed by atoms with Gasteiger partial charge < -0.3 is 18.4 Å². The van der Waals surface area contributed by atoms with Crippen molar-refractivity contribution in [1.29, 1.82) is 0 Å². The van der Waals surface area contributed by atoms with Crippen LogP contribution in [0.1, 0.15) is 23.4 Å². The van der Waals surface area contributed by atoms with Gasteiger partial charge >= 0.3 is 0 Å². The molecule has 3 heterocycles. The zero-order chi connectivity index (χ0) is 19.6. The summed E-state index contributed by atoms with van der Waals surface area (Å²) in [5, 5.41) is 12.6. The van der Waals surface area contributed by atoms with E-state index in [0.717, 1.165) is 5.56 Å². The normalized spacial score (nSPS) is 15.4. The fourth-order valence-electron chi connectivity index (χ4n) is 2.81. The molecule has 2 aromatic carbocycles. The van der Waals surface area contributed by atoms with E-state index in [1.165, 1.54) is 17.3 Å². The molecule has 0 bridgehead atoms. The van der Waals surface area contributed by atoms with E-state index in [1.807, 2.05) is 55.5 Å². The molecule has 1 atom stereocenters. The van der Waals surface area contributed by atoms with Crippen LogP contribution in [0.3, 0.4) is 0 Å². The van der Waals surface area contributed by atoms with E-state index < -0.39 is 6.10 Å². The summed E-state index contributed by atoms with van der Waals surface area (Å²) in [7, 11) is 0. The molecule has 29 heavy (non-hydrogen) atoms. The van der Waals surface area contributed by atoms with Gasteiger partial charge in [0.15, 0.2) is 11.5 Å². The lowest BCUT2D eigenvalue weighted by Crippen LogP contribution is -2.21. The number of hydrogen-bond donors (Lipinski definition) is 0. The summed E-state index contributed by atoms with van der Waals surface area (Å²) in [6.07, 6.45) is -0.441. The number of ether oxygens (including phenoxy) is 2. The Morgan fingerprint density at radius 3 is 2.72 bits per heavy atom. The Bertz CT molecular complexity index is 1130. The molecule has 1 aliphatic heterocycles. The second kappa shape index (κ2) is 7.59. The molecule has 1 unspecified atom stereocenters. The summed E-state index contributed by atoms with van der Waals surface area (Å²) in [5.41, 5.74) is 2.08. The van der Waals surface area contributed by atoms with Gasteiger partial charge in [-0.05, 0) is 19.1 Å². The van der Waals surface area contributed by atoms with Crippen molar-refractivity contribution in [2.45, 2.75) is 24.0 Å². The minimum atomic E-state index is -0.441. The van der Waals surface area contributed by atoms with E-state index in [4.69, 9.17) is 18.4 Å². The van der Waals surface area contributed by atoms with Crippen LogP contribution >= 0.6 is 11.8 Å². The van der Waals surface area contributed by atoms with Crippen LogP contribution in [0.2, 0.25) is 0 Å². The van der Waals surface area contributed by atoms with Crippen LogP contribution < -0.4 is 9.47 Å². The standard InChI is InChI=1S/C20H16N4O4S/c1-12-6-8-13(9-7-12)18-21-17(28-24-18)11-29-20-23-22-19(27-20)16-10-25-14-4-2-3-5-15(14)26-16/h2-9,16H,10-11H2,1H3. The summed E-state index contributed by atoms with van der Waals surface area (Å²) < 4.78 is 22.6. The topological polar surface area (TPSA) is 96.3 Å². The minimum absolute atomic E-state index is 0.312. The van der Waals surface area contributed by atoms with Gasteiger partial charge in [0.05, 0.1) is 5.75 Å². The van der Waals surface area contributed by atoms with E-state index in [1.54, 1.807) is 0 Å². The molecule has 1 aliphatic rings. The van der Waals surface area contributed by atoms with Gasteiger partial charge in [0.2, 0.25) is 17.8 Å². The molecule has 8 nitrogen and oxygen atoms in total. The van der Waals surface area contributed by atoms with Gasteiger partial charge in [-0.15, -0.1) is 10.2 Å². The van der Waals surface area contributed by atoms with E-state index in [2.05, 4.69) is 20.3 Å². The van der Waals surface area contributed by atoms with Gasteiger partial charge in [0.25, 0.3) is 11.1 Å². The Kier molecular flexibility index (Phi) is 4.65. The van der Waals surface area contributed by atoms with Crippen molar-refractivity contribution in [2.75, 3.05) is 6.61 Å². The van der Waals surface area contributed by atoms with Crippen molar-refractivity contribution in [3.63, 3.8) is 0 Å². The van der Waals surface area contributed by atoms with Gasteiger partial charge in [0, 0.05) is 5.56 Å². The Morgan fingerprint density at radius 2 is 1.86 bits per heavy atom. The quantitative estimate of drug-likeness (QED) is 0.449. The summed E-state index contributed by atoms with van der Waals surface area (Å²) in [6, 6.07) is 15.4. The number of aromatic nitrogens is 4. The van der Waals surface area contributed by atoms with Crippen LogP contribution in [0.5, 0.6) is 11.5 Å². The second-order valence-electron chi connectivity index (χ2n) is 6.44. The highest BCUT2D eigenvalue weighted by Crippen LogP contribution is 2.36.